The Morgan fingerprint density at radius 3 is 2.45 bits per heavy atom. The Balaban J connectivity index is 1.74. The number of hydrogen-bond donors (Lipinski definition) is 0. The van der Waals surface area contributed by atoms with E-state index < -0.39 is 11.9 Å². The third-order valence-electron chi connectivity index (χ3n) is 4.63. The second-order valence-electron chi connectivity index (χ2n) is 6.49. The van der Waals surface area contributed by atoms with Crippen LogP contribution in [0, 0.1) is 0 Å². The molecule has 156 valence electrons. The van der Waals surface area contributed by atoms with Gasteiger partial charge in [-0.25, -0.2) is 14.6 Å². The van der Waals surface area contributed by atoms with E-state index in [0.717, 1.165) is 5.56 Å². The van der Waals surface area contributed by atoms with Crippen LogP contribution in [0.15, 0.2) is 82.6 Å². The SMILES string of the molecule is COC(=O)C1=C(C(=O)OC)N(c2ccc(-c3nc4cc(Cl)ccc4o3)cc2)C=CC=C1. The van der Waals surface area contributed by atoms with Gasteiger partial charge in [0.15, 0.2) is 5.58 Å². The Bertz CT molecular complexity index is 1250. The summed E-state index contributed by atoms with van der Waals surface area (Å²) in [5, 5.41) is 0.577. The summed E-state index contributed by atoms with van der Waals surface area (Å²) in [6.07, 6.45) is 6.52. The van der Waals surface area contributed by atoms with Crippen molar-refractivity contribution in [2.75, 3.05) is 19.1 Å². The fourth-order valence-electron chi connectivity index (χ4n) is 3.15. The van der Waals surface area contributed by atoms with Gasteiger partial charge in [-0.15, -0.1) is 0 Å². The van der Waals surface area contributed by atoms with Crippen LogP contribution in [-0.2, 0) is 19.1 Å². The number of ether oxygens (including phenoxy) is 2. The van der Waals surface area contributed by atoms with E-state index in [2.05, 4.69) is 4.98 Å². The van der Waals surface area contributed by atoms with Crippen LogP contribution in [0.3, 0.4) is 0 Å². The van der Waals surface area contributed by atoms with Crippen LogP contribution in [0.1, 0.15) is 0 Å². The van der Waals surface area contributed by atoms with E-state index in [0.29, 0.717) is 27.7 Å². The van der Waals surface area contributed by atoms with E-state index >= 15 is 0 Å². The van der Waals surface area contributed by atoms with Gasteiger partial charge >= 0.3 is 11.9 Å². The van der Waals surface area contributed by atoms with Crippen LogP contribution in [0.5, 0.6) is 0 Å². The molecule has 0 atom stereocenters. The first-order valence-electron chi connectivity index (χ1n) is 9.23. The van der Waals surface area contributed by atoms with E-state index in [9.17, 15) is 9.59 Å². The van der Waals surface area contributed by atoms with Gasteiger partial charge in [0, 0.05) is 22.5 Å². The molecule has 0 N–H and O–H groups in total. The molecular formula is C23H17ClN2O5. The van der Waals surface area contributed by atoms with E-state index in [-0.39, 0.29) is 11.3 Å². The standard InChI is InChI=1S/C23H17ClN2O5/c1-29-22(27)17-5-3-4-12-26(20(17)23(28)30-2)16-9-6-14(7-10-16)21-25-18-13-15(24)8-11-19(18)31-21/h3-13H,1-2H3. The van der Waals surface area contributed by atoms with Crippen molar-refractivity contribution in [1.82, 2.24) is 4.98 Å². The smallest absolute Gasteiger partial charge is 0.355 e. The zero-order valence-corrected chi connectivity index (χ0v) is 17.4. The van der Waals surface area contributed by atoms with Gasteiger partial charge in [-0.1, -0.05) is 17.7 Å². The molecule has 0 bridgehead atoms. The summed E-state index contributed by atoms with van der Waals surface area (Å²) < 4.78 is 15.5. The first kappa shape index (κ1) is 20.4. The number of carbonyl (C=O) groups is 2. The van der Waals surface area contributed by atoms with Crippen LogP contribution < -0.4 is 4.90 Å². The molecule has 1 aliphatic heterocycles. The maximum atomic E-state index is 12.5. The molecule has 1 aliphatic rings. The van der Waals surface area contributed by atoms with Gasteiger partial charge in [-0.2, -0.15) is 0 Å². The summed E-state index contributed by atoms with van der Waals surface area (Å²) in [7, 11) is 2.51. The highest BCUT2D eigenvalue weighted by Gasteiger charge is 2.27. The summed E-state index contributed by atoms with van der Waals surface area (Å²) >= 11 is 6.02. The minimum Gasteiger partial charge on any atom is -0.465 e. The summed E-state index contributed by atoms with van der Waals surface area (Å²) in [5.74, 6) is -0.875. The number of esters is 2. The highest BCUT2D eigenvalue weighted by atomic mass is 35.5. The number of carbonyl (C=O) groups excluding carboxylic acids is 2. The van der Waals surface area contributed by atoms with E-state index in [1.807, 2.05) is 0 Å². The maximum Gasteiger partial charge on any atom is 0.355 e. The van der Waals surface area contributed by atoms with Gasteiger partial charge in [0.05, 0.1) is 19.8 Å². The Morgan fingerprint density at radius 2 is 1.74 bits per heavy atom. The summed E-state index contributed by atoms with van der Waals surface area (Å²) in [4.78, 5) is 30.8. The average Bonchev–Trinajstić information content (AvgIpc) is 3.08. The summed E-state index contributed by atoms with van der Waals surface area (Å²) in [6.45, 7) is 0. The first-order chi connectivity index (χ1) is 15.0. The fourth-order valence-corrected chi connectivity index (χ4v) is 3.32. The second kappa shape index (κ2) is 8.49. The normalized spacial score (nSPS) is 13.5. The highest BCUT2D eigenvalue weighted by Crippen LogP contribution is 2.30. The van der Waals surface area contributed by atoms with Gasteiger partial charge in [0.25, 0.3) is 0 Å². The molecule has 0 spiro atoms. The Hall–Kier alpha value is -3.84. The van der Waals surface area contributed by atoms with Crippen molar-refractivity contribution >= 4 is 40.3 Å². The van der Waals surface area contributed by atoms with Gasteiger partial charge in [-0.05, 0) is 54.6 Å². The average molecular weight is 437 g/mol. The predicted octanol–water partition coefficient (Wildman–Crippen LogP) is 4.64. The van der Waals surface area contributed by atoms with Crippen molar-refractivity contribution < 1.29 is 23.5 Å². The topological polar surface area (TPSA) is 81.9 Å². The number of fused-ring (bicyclic) bond motifs is 1. The van der Waals surface area contributed by atoms with Crippen molar-refractivity contribution in [2.24, 2.45) is 0 Å². The van der Waals surface area contributed by atoms with Crippen molar-refractivity contribution in [3.8, 4) is 11.5 Å². The fraction of sp³-hybridized carbons (Fsp3) is 0.0870. The minimum absolute atomic E-state index is 0.0450. The van der Waals surface area contributed by atoms with Crippen molar-refractivity contribution in [2.45, 2.75) is 0 Å². The number of anilines is 1. The predicted molar refractivity (Wildman–Crippen MR) is 116 cm³/mol. The van der Waals surface area contributed by atoms with Crippen LogP contribution in [-0.4, -0.2) is 31.1 Å². The third kappa shape index (κ3) is 3.95. The number of oxazole rings is 1. The lowest BCUT2D eigenvalue weighted by molar-refractivity contribution is -0.139. The molecule has 8 heteroatoms. The number of methoxy groups -OCH3 is 2. The first-order valence-corrected chi connectivity index (χ1v) is 9.61. The number of hydrogen-bond acceptors (Lipinski definition) is 7. The maximum absolute atomic E-state index is 12.5. The molecule has 7 nitrogen and oxygen atoms in total. The zero-order valence-electron chi connectivity index (χ0n) is 16.7. The Morgan fingerprint density at radius 1 is 1.00 bits per heavy atom. The number of aromatic nitrogens is 1. The summed E-state index contributed by atoms with van der Waals surface area (Å²) in [5.41, 5.74) is 2.78. The number of benzene rings is 2. The molecule has 0 radical (unpaired) electrons. The number of allylic oxidation sites excluding steroid dienone is 2. The van der Waals surface area contributed by atoms with Gasteiger partial charge in [0.1, 0.15) is 11.2 Å². The lowest BCUT2D eigenvalue weighted by Gasteiger charge is -2.23. The molecule has 31 heavy (non-hydrogen) atoms. The van der Waals surface area contributed by atoms with Crippen LogP contribution in [0.25, 0.3) is 22.6 Å². The zero-order chi connectivity index (χ0) is 22.0. The highest BCUT2D eigenvalue weighted by molar-refractivity contribution is 6.31. The molecule has 0 unspecified atom stereocenters. The lowest BCUT2D eigenvalue weighted by Crippen LogP contribution is -2.26. The minimum atomic E-state index is -0.670. The molecule has 0 aliphatic carbocycles. The molecule has 2 heterocycles. The molecular weight excluding hydrogens is 420 g/mol. The molecule has 2 aromatic carbocycles. The van der Waals surface area contributed by atoms with Crippen LogP contribution >= 0.6 is 11.6 Å². The Labute approximate surface area is 182 Å². The van der Waals surface area contributed by atoms with Crippen LogP contribution in [0.2, 0.25) is 5.02 Å². The van der Waals surface area contributed by atoms with Crippen molar-refractivity contribution in [3.05, 3.63) is 83.2 Å². The number of halogens is 1. The van der Waals surface area contributed by atoms with Crippen LogP contribution in [0.4, 0.5) is 5.69 Å². The lowest BCUT2D eigenvalue weighted by atomic mass is 10.1. The quantitative estimate of drug-likeness (QED) is 0.551. The molecule has 1 aromatic heterocycles. The van der Waals surface area contributed by atoms with Gasteiger partial charge < -0.3 is 18.8 Å². The van der Waals surface area contributed by atoms with Crippen molar-refractivity contribution in [1.29, 1.82) is 0 Å². The molecule has 0 saturated heterocycles. The molecule has 0 saturated carbocycles. The largest absolute Gasteiger partial charge is 0.465 e. The second-order valence-corrected chi connectivity index (χ2v) is 6.93. The summed E-state index contributed by atoms with van der Waals surface area (Å²) in [6, 6.07) is 12.4. The Kier molecular flexibility index (Phi) is 5.60. The van der Waals surface area contributed by atoms with E-state index in [1.54, 1.807) is 65.7 Å². The number of rotatable bonds is 4. The van der Waals surface area contributed by atoms with Gasteiger partial charge in [0.2, 0.25) is 5.89 Å². The van der Waals surface area contributed by atoms with Crippen molar-refractivity contribution in [3.63, 3.8) is 0 Å². The molecule has 0 fully saturated rings. The molecule has 0 amide bonds. The van der Waals surface area contributed by atoms with Gasteiger partial charge in [-0.3, -0.25) is 0 Å². The van der Waals surface area contributed by atoms with E-state index in [4.69, 9.17) is 25.5 Å². The molecule has 4 rings (SSSR count). The third-order valence-corrected chi connectivity index (χ3v) is 4.87. The van der Waals surface area contributed by atoms with E-state index in [1.165, 1.54) is 20.3 Å². The number of nitrogens with zero attached hydrogens (tertiary/aromatic N) is 2. The monoisotopic (exact) mass is 436 g/mol. The molecule has 3 aromatic rings.